The molecule has 1 aromatic heterocycles. The summed E-state index contributed by atoms with van der Waals surface area (Å²) in [5.41, 5.74) is 0.0249. The average Bonchev–Trinajstić information content (AvgIpc) is 2.65. The van der Waals surface area contributed by atoms with E-state index in [0.29, 0.717) is 16.5 Å². The highest BCUT2D eigenvalue weighted by molar-refractivity contribution is 7.79. The van der Waals surface area contributed by atoms with Crippen molar-refractivity contribution in [2.75, 3.05) is 14.2 Å². The van der Waals surface area contributed by atoms with Crippen LogP contribution >= 0.6 is 0 Å². The van der Waals surface area contributed by atoms with Gasteiger partial charge in [-0.1, -0.05) is 0 Å². The zero-order valence-electron chi connectivity index (χ0n) is 14.1. The van der Waals surface area contributed by atoms with Crippen LogP contribution in [0, 0.1) is 0 Å². The first-order chi connectivity index (χ1) is 12.7. The van der Waals surface area contributed by atoms with Gasteiger partial charge >= 0.3 is 12.2 Å². The van der Waals surface area contributed by atoms with Gasteiger partial charge in [0.2, 0.25) is 0 Å². The molecule has 0 aliphatic carbocycles. The number of alkyl halides is 3. The number of halogens is 3. The first-order valence-electron chi connectivity index (χ1n) is 7.47. The molecule has 0 aliphatic heterocycles. The van der Waals surface area contributed by atoms with E-state index in [1.807, 2.05) is 0 Å². The van der Waals surface area contributed by atoms with E-state index in [9.17, 15) is 21.9 Å². The fourth-order valence-corrected chi connectivity index (χ4v) is 2.95. The number of nitrogens with zero attached hydrogens (tertiary/aromatic N) is 2. The van der Waals surface area contributed by atoms with Crippen molar-refractivity contribution in [1.82, 2.24) is 9.97 Å². The molecule has 0 saturated carbocycles. The summed E-state index contributed by atoms with van der Waals surface area (Å²) in [5, 5.41) is 0.461. The molecule has 1 unspecified atom stereocenters. The quantitative estimate of drug-likeness (QED) is 0.671. The second kappa shape index (κ2) is 7.12. The fourth-order valence-electron chi connectivity index (χ4n) is 2.56. The lowest BCUT2D eigenvalue weighted by atomic mass is 10.0. The van der Waals surface area contributed by atoms with E-state index in [1.165, 1.54) is 38.5 Å². The summed E-state index contributed by atoms with van der Waals surface area (Å²) in [7, 11) is 2.59. The SMILES string of the molecule is COc1nc(-c2ccc(C(F)(F)F)cc2OC)c2ccc(S(=O)O)cc2n1. The van der Waals surface area contributed by atoms with Gasteiger partial charge in [-0.3, -0.25) is 0 Å². The van der Waals surface area contributed by atoms with Crippen molar-refractivity contribution in [3.63, 3.8) is 0 Å². The van der Waals surface area contributed by atoms with E-state index in [1.54, 1.807) is 0 Å². The van der Waals surface area contributed by atoms with Crippen LogP contribution in [0.5, 0.6) is 11.8 Å². The van der Waals surface area contributed by atoms with E-state index < -0.39 is 22.8 Å². The number of methoxy groups -OCH3 is 2. The van der Waals surface area contributed by atoms with Crippen LogP contribution in [0.1, 0.15) is 5.56 Å². The predicted octanol–water partition coefficient (Wildman–Crippen LogP) is 3.91. The maximum atomic E-state index is 13.0. The molecule has 1 heterocycles. The van der Waals surface area contributed by atoms with Crippen LogP contribution in [0.15, 0.2) is 41.3 Å². The van der Waals surface area contributed by atoms with Crippen LogP contribution in [-0.2, 0) is 17.3 Å². The normalized spacial score (nSPS) is 12.8. The molecular weight excluding hydrogens is 385 g/mol. The lowest BCUT2D eigenvalue weighted by Gasteiger charge is -2.14. The number of hydrogen-bond donors (Lipinski definition) is 1. The Morgan fingerprint density at radius 1 is 1.04 bits per heavy atom. The van der Waals surface area contributed by atoms with Gasteiger partial charge in [0.15, 0.2) is 11.1 Å². The lowest BCUT2D eigenvalue weighted by molar-refractivity contribution is -0.137. The molecule has 1 atom stereocenters. The van der Waals surface area contributed by atoms with Crippen LogP contribution < -0.4 is 9.47 Å². The van der Waals surface area contributed by atoms with Gasteiger partial charge in [-0.2, -0.15) is 23.1 Å². The Morgan fingerprint density at radius 2 is 1.78 bits per heavy atom. The van der Waals surface area contributed by atoms with Crippen LogP contribution in [0.4, 0.5) is 13.2 Å². The van der Waals surface area contributed by atoms with E-state index in [-0.39, 0.29) is 22.3 Å². The molecule has 27 heavy (non-hydrogen) atoms. The summed E-state index contributed by atoms with van der Waals surface area (Å²) < 4.78 is 69.7. The van der Waals surface area contributed by atoms with Gasteiger partial charge in [0.1, 0.15) is 5.75 Å². The minimum absolute atomic E-state index is 0.0262. The first-order valence-corrected chi connectivity index (χ1v) is 8.57. The fraction of sp³-hybridized carbons (Fsp3) is 0.176. The third-order valence-corrected chi connectivity index (χ3v) is 4.47. The van der Waals surface area contributed by atoms with Crippen LogP contribution in [-0.4, -0.2) is 32.9 Å². The molecule has 2 aromatic carbocycles. The molecule has 10 heteroatoms. The standard InChI is InChI=1S/C17H13F3N2O4S/c1-25-14-7-9(17(18,19)20)3-5-12(14)15-11-6-4-10(27(23)24)8-13(11)21-16(22-15)26-2/h3-8H,1-2H3,(H,23,24). The molecule has 0 fully saturated rings. The van der Waals surface area contributed by atoms with Crippen LogP contribution in [0.3, 0.4) is 0 Å². The van der Waals surface area contributed by atoms with E-state index in [4.69, 9.17) is 9.47 Å². The topological polar surface area (TPSA) is 81.5 Å². The zero-order chi connectivity index (χ0) is 19.8. The average molecular weight is 398 g/mol. The van der Waals surface area contributed by atoms with Gasteiger partial charge in [-0.25, -0.2) is 4.21 Å². The number of fused-ring (bicyclic) bond motifs is 1. The lowest BCUT2D eigenvalue weighted by Crippen LogP contribution is -2.06. The molecule has 3 aromatic rings. The summed E-state index contributed by atoms with van der Waals surface area (Å²) >= 11 is -2.21. The Labute approximate surface area is 154 Å². The summed E-state index contributed by atoms with van der Waals surface area (Å²) in [6, 6.07) is 7.33. The molecule has 6 nitrogen and oxygen atoms in total. The molecule has 0 radical (unpaired) electrons. The highest BCUT2D eigenvalue weighted by Gasteiger charge is 2.31. The molecule has 142 valence electrons. The van der Waals surface area contributed by atoms with Gasteiger partial charge in [-0.15, -0.1) is 0 Å². The highest BCUT2D eigenvalue weighted by atomic mass is 32.2. The number of hydrogen-bond acceptors (Lipinski definition) is 5. The van der Waals surface area contributed by atoms with Crippen LogP contribution in [0.2, 0.25) is 0 Å². The number of aromatic nitrogens is 2. The summed E-state index contributed by atoms with van der Waals surface area (Å²) in [4.78, 5) is 8.49. The summed E-state index contributed by atoms with van der Waals surface area (Å²) in [6.07, 6.45) is -4.52. The molecule has 0 aliphatic rings. The molecule has 1 N–H and O–H groups in total. The maximum Gasteiger partial charge on any atom is 0.416 e. The minimum Gasteiger partial charge on any atom is -0.496 e. The molecule has 0 amide bonds. The first kappa shape index (κ1) is 19.1. The molecule has 3 rings (SSSR count). The van der Waals surface area contributed by atoms with E-state index in [2.05, 4.69) is 9.97 Å². The molecule has 0 spiro atoms. The molecule has 0 bridgehead atoms. The maximum absolute atomic E-state index is 13.0. The minimum atomic E-state index is -4.52. The second-order valence-corrected chi connectivity index (χ2v) is 6.37. The van der Waals surface area contributed by atoms with Crippen LogP contribution in [0.25, 0.3) is 22.2 Å². The zero-order valence-corrected chi connectivity index (χ0v) is 14.9. The number of ether oxygens (including phenoxy) is 2. The second-order valence-electron chi connectivity index (χ2n) is 5.40. The third-order valence-electron chi connectivity index (χ3n) is 3.82. The highest BCUT2D eigenvalue weighted by Crippen LogP contribution is 2.39. The Bertz CT molecular complexity index is 1040. The predicted molar refractivity (Wildman–Crippen MR) is 92.1 cm³/mol. The van der Waals surface area contributed by atoms with Gasteiger partial charge in [-0.05, 0) is 36.4 Å². The van der Waals surface area contributed by atoms with Gasteiger partial charge in [0, 0.05) is 10.9 Å². The summed E-state index contributed by atoms with van der Waals surface area (Å²) in [5.74, 6) is -0.0262. The van der Waals surface area contributed by atoms with Crippen molar-refractivity contribution in [2.45, 2.75) is 11.1 Å². The van der Waals surface area contributed by atoms with Gasteiger partial charge < -0.3 is 14.0 Å². The Balaban J connectivity index is 2.28. The van der Waals surface area contributed by atoms with E-state index >= 15 is 0 Å². The molecular formula is C17H13F3N2O4S. The van der Waals surface area contributed by atoms with Crippen molar-refractivity contribution < 1.29 is 31.4 Å². The largest absolute Gasteiger partial charge is 0.496 e. The van der Waals surface area contributed by atoms with Crippen molar-refractivity contribution in [3.8, 4) is 23.0 Å². The number of benzene rings is 2. The monoisotopic (exact) mass is 398 g/mol. The molecule has 0 saturated heterocycles. The van der Waals surface area contributed by atoms with Crippen molar-refractivity contribution in [1.29, 1.82) is 0 Å². The van der Waals surface area contributed by atoms with Crippen molar-refractivity contribution in [3.05, 3.63) is 42.0 Å². The van der Waals surface area contributed by atoms with Gasteiger partial charge in [0.05, 0.1) is 35.9 Å². The van der Waals surface area contributed by atoms with Crippen molar-refractivity contribution >= 4 is 22.0 Å². The van der Waals surface area contributed by atoms with Gasteiger partial charge in [0.25, 0.3) is 0 Å². The Kier molecular flexibility index (Phi) is 5.03. The smallest absolute Gasteiger partial charge is 0.416 e. The van der Waals surface area contributed by atoms with Crippen molar-refractivity contribution in [2.24, 2.45) is 0 Å². The Morgan fingerprint density at radius 3 is 2.37 bits per heavy atom. The Hall–Kier alpha value is -2.72. The number of rotatable bonds is 4. The van der Waals surface area contributed by atoms with E-state index in [0.717, 1.165) is 12.1 Å². The third kappa shape index (κ3) is 3.71. The summed E-state index contributed by atoms with van der Waals surface area (Å²) in [6.45, 7) is 0.